The molecule has 0 saturated heterocycles. The van der Waals surface area contributed by atoms with Crippen LogP contribution in [0.5, 0.6) is 11.5 Å². The van der Waals surface area contributed by atoms with Gasteiger partial charge in [0.25, 0.3) is 0 Å². The lowest BCUT2D eigenvalue weighted by atomic mass is 10.1. The zero-order valence-corrected chi connectivity index (χ0v) is 15.5. The number of benzene rings is 2. The molecule has 0 N–H and O–H groups in total. The van der Waals surface area contributed by atoms with Crippen molar-refractivity contribution in [3.05, 3.63) is 70.8 Å². The average molecular weight is 338 g/mol. The fourth-order valence-electron chi connectivity index (χ4n) is 2.53. The first-order valence-corrected chi connectivity index (χ1v) is 8.54. The van der Waals surface area contributed by atoms with Crippen LogP contribution in [-0.4, -0.2) is 13.1 Å². The van der Waals surface area contributed by atoms with Crippen LogP contribution in [0.1, 0.15) is 37.0 Å². The molecule has 132 valence electrons. The molecule has 0 bridgehead atoms. The van der Waals surface area contributed by atoms with E-state index in [0.29, 0.717) is 18.6 Å². The third-order valence-corrected chi connectivity index (χ3v) is 3.92. The standard InChI is InChI=1S/C22H26O3/c1-16(2)8-11-19-14-17(3)9-12-21(19)25-22(23)13-10-18-6-5-7-20(15-18)24-4/h5-9,12,14-15H,10-11,13H2,1-4H3. The highest BCUT2D eigenvalue weighted by Crippen LogP contribution is 2.22. The van der Waals surface area contributed by atoms with E-state index < -0.39 is 0 Å². The second-order valence-electron chi connectivity index (χ2n) is 6.42. The second kappa shape index (κ2) is 9.07. The number of rotatable bonds is 7. The predicted octanol–water partition coefficient (Wildman–Crippen LogP) is 5.05. The zero-order valence-electron chi connectivity index (χ0n) is 15.5. The molecule has 3 nitrogen and oxygen atoms in total. The van der Waals surface area contributed by atoms with E-state index in [4.69, 9.17) is 9.47 Å². The fraction of sp³-hybridized carbons (Fsp3) is 0.318. The van der Waals surface area contributed by atoms with Gasteiger partial charge in [0.2, 0.25) is 0 Å². The van der Waals surface area contributed by atoms with E-state index in [2.05, 4.69) is 26.0 Å². The van der Waals surface area contributed by atoms with Crippen LogP contribution in [0.15, 0.2) is 54.1 Å². The lowest BCUT2D eigenvalue weighted by Crippen LogP contribution is -2.10. The minimum absolute atomic E-state index is 0.217. The van der Waals surface area contributed by atoms with Gasteiger partial charge in [0.1, 0.15) is 11.5 Å². The van der Waals surface area contributed by atoms with E-state index in [-0.39, 0.29) is 5.97 Å². The summed E-state index contributed by atoms with van der Waals surface area (Å²) in [6, 6.07) is 13.7. The molecular formula is C22H26O3. The molecule has 0 fully saturated rings. The summed E-state index contributed by atoms with van der Waals surface area (Å²) < 4.78 is 10.8. The van der Waals surface area contributed by atoms with Crippen LogP contribution in [-0.2, 0) is 17.6 Å². The molecule has 0 spiro atoms. The molecule has 2 aromatic carbocycles. The molecule has 2 aromatic rings. The van der Waals surface area contributed by atoms with Crippen molar-refractivity contribution in [1.82, 2.24) is 0 Å². The number of aryl methyl sites for hydroxylation is 2. The molecule has 0 saturated carbocycles. The maximum Gasteiger partial charge on any atom is 0.311 e. The summed E-state index contributed by atoms with van der Waals surface area (Å²) in [4.78, 5) is 12.2. The SMILES string of the molecule is COc1cccc(CCC(=O)Oc2ccc(C)cc2CC=C(C)C)c1. The summed E-state index contributed by atoms with van der Waals surface area (Å²) in [6.07, 6.45) is 3.87. The molecule has 0 aromatic heterocycles. The van der Waals surface area contributed by atoms with Crippen LogP contribution in [0.4, 0.5) is 0 Å². The number of esters is 1. The Kier molecular flexibility index (Phi) is 6.81. The van der Waals surface area contributed by atoms with Crippen LogP contribution >= 0.6 is 0 Å². The van der Waals surface area contributed by atoms with Crippen molar-refractivity contribution in [1.29, 1.82) is 0 Å². The summed E-state index contributed by atoms with van der Waals surface area (Å²) in [5.74, 6) is 1.23. The highest BCUT2D eigenvalue weighted by Gasteiger charge is 2.10. The molecule has 0 heterocycles. The average Bonchev–Trinajstić information content (AvgIpc) is 2.60. The van der Waals surface area contributed by atoms with Crippen molar-refractivity contribution in [2.45, 2.75) is 40.0 Å². The van der Waals surface area contributed by atoms with Gasteiger partial charge in [-0.2, -0.15) is 0 Å². The van der Waals surface area contributed by atoms with Crippen molar-refractivity contribution < 1.29 is 14.3 Å². The first-order valence-electron chi connectivity index (χ1n) is 8.54. The van der Waals surface area contributed by atoms with Crippen LogP contribution in [0.3, 0.4) is 0 Å². The number of carbonyl (C=O) groups excluding carboxylic acids is 1. The van der Waals surface area contributed by atoms with Crippen molar-refractivity contribution in [2.75, 3.05) is 7.11 Å². The Morgan fingerprint density at radius 2 is 1.92 bits per heavy atom. The topological polar surface area (TPSA) is 35.5 Å². The van der Waals surface area contributed by atoms with Gasteiger partial charge in [-0.1, -0.05) is 41.5 Å². The van der Waals surface area contributed by atoms with Gasteiger partial charge in [-0.3, -0.25) is 4.79 Å². The Balaban J connectivity index is 2.01. The van der Waals surface area contributed by atoms with Crippen LogP contribution in [0, 0.1) is 6.92 Å². The summed E-state index contributed by atoms with van der Waals surface area (Å²) in [5.41, 5.74) is 4.51. The highest BCUT2D eigenvalue weighted by atomic mass is 16.5. The van der Waals surface area contributed by atoms with E-state index >= 15 is 0 Å². The molecule has 0 aliphatic carbocycles. The van der Waals surface area contributed by atoms with Gasteiger partial charge in [0, 0.05) is 6.42 Å². The van der Waals surface area contributed by atoms with Crippen molar-refractivity contribution in [2.24, 2.45) is 0 Å². The number of methoxy groups -OCH3 is 1. The van der Waals surface area contributed by atoms with Gasteiger partial charge in [-0.25, -0.2) is 0 Å². The lowest BCUT2D eigenvalue weighted by Gasteiger charge is -2.10. The molecule has 0 aliphatic heterocycles. The summed E-state index contributed by atoms with van der Waals surface area (Å²) in [6.45, 7) is 6.17. The second-order valence-corrected chi connectivity index (χ2v) is 6.42. The van der Waals surface area contributed by atoms with Gasteiger partial charge >= 0.3 is 5.97 Å². The van der Waals surface area contributed by atoms with E-state index in [1.807, 2.05) is 43.3 Å². The van der Waals surface area contributed by atoms with E-state index in [1.54, 1.807) is 7.11 Å². The molecule has 25 heavy (non-hydrogen) atoms. The minimum Gasteiger partial charge on any atom is -0.497 e. The molecule has 0 atom stereocenters. The highest BCUT2D eigenvalue weighted by molar-refractivity contribution is 5.73. The van der Waals surface area contributed by atoms with Gasteiger partial charge in [-0.05, 0) is 62.9 Å². The Morgan fingerprint density at radius 1 is 1.12 bits per heavy atom. The monoisotopic (exact) mass is 338 g/mol. The van der Waals surface area contributed by atoms with Gasteiger partial charge in [0.05, 0.1) is 7.11 Å². The number of hydrogen-bond donors (Lipinski definition) is 0. The van der Waals surface area contributed by atoms with Crippen molar-refractivity contribution >= 4 is 5.97 Å². The largest absolute Gasteiger partial charge is 0.497 e. The minimum atomic E-state index is -0.217. The van der Waals surface area contributed by atoms with Gasteiger partial charge < -0.3 is 9.47 Å². The van der Waals surface area contributed by atoms with Crippen molar-refractivity contribution in [3.8, 4) is 11.5 Å². The van der Waals surface area contributed by atoms with E-state index in [9.17, 15) is 4.79 Å². The maximum absolute atomic E-state index is 12.2. The summed E-state index contributed by atoms with van der Waals surface area (Å²) in [5, 5.41) is 0. The summed E-state index contributed by atoms with van der Waals surface area (Å²) in [7, 11) is 1.64. The van der Waals surface area contributed by atoms with Crippen LogP contribution in [0.25, 0.3) is 0 Å². The van der Waals surface area contributed by atoms with E-state index in [1.165, 1.54) is 5.57 Å². The molecule has 0 aliphatic rings. The Hall–Kier alpha value is -2.55. The third-order valence-electron chi connectivity index (χ3n) is 3.92. The van der Waals surface area contributed by atoms with Crippen LogP contribution < -0.4 is 9.47 Å². The van der Waals surface area contributed by atoms with Gasteiger partial charge in [-0.15, -0.1) is 0 Å². The van der Waals surface area contributed by atoms with Gasteiger partial charge in [0.15, 0.2) is 0 Å². The predicted molar refractivity (Wildman–Crippen MR) is 101 cm³/mol. The number of hydrogen-bond acceptors (Lipinski definition) is 3. The lowest BCUT2D eigenvalue weighted by molar-refractivity contribution is -0.134. The quantitative estimate of drug-likeness (QED) is 0.402. The number of carbonyl (C=O) groups is 1. The maximum atomic E-state index is 12.2. The Morgan fingerprint density at radius 3 is 2.64 bits per heavy atom. The summed E-state index contributed by atoms with van der Waals surface area (Å²) >= 11 is 0. The molecule has 2 rings (SSSR count). The number of ether oxygens (including phenoxy) is 2. The third kappa shape index (κ3) is 6.11. The smallest absolute Gasteiger partial charge is 0.311 e. The molecular weight excluding hydrogens is 312 g/mol. The van der Waals surface area contributed by atoms with Crippen LogP contribution in [0.2, 0.25) is 0 Å². The molecule has 0 unspecified atom stereocenters. The Labute approximate surface area is 150 Å². The molecule has 3 heteroatoms. The fourth-order valence-corrected chi connectivity index (χ4v) is 2.53. The zero-order chi connectivity index (χ0) is 18.2. The number of allylic oxidation sites excluding steroid dienone is 2. The molecule has 0 amide bonds. The first-order chi connectivity index (χ1) is 12.0. The van der Waals surface area contributed by atoms with Crippen molar-refractivity contribution in [3.63, 3.8) is 0 Å². The van der Waals surface area contributed by atoms with E-state index in [0.717, 1.165) is 28.9 Å². The Bertz CT molecular complexity index is 756. The first kappa shape index (κ1) is 18.8. The molecule has 0 radical (unpaired) electrons. The normalized spacial score (nSPS) is 10.2.